The highest BCUT2D eigenvalue weighted by Gasteiger charge is 2.11. The third-order valence-electron chi connectivity index (χ3n) is 3.49. The number of carboxylic acids is 2. The molecule has 27 heavy (non-hydrogen) atoms. The highest BCUT2D eigenvalue weighted by atomic mass is 16.5. The molecule has 0 spiro atoms. The number of ether oxygens (including phenoxy) is 2. The number of aromatic carboxylic acids is 2. The molecule has 0 aromatic heterocycles. The number of hydrogen-bond donors (Lipinski definition) is 2. The van der Waals surface area contributed by atoms with Crippen molar-refractivity contribution in [1.29, 1.82) is 0 Å². The molecule has 2 aromatic rings. The van der Waals surface area contributed by atoms with Crippen LogP contribution in [0.2, 0.25) is 0 Å². The summed E-state index contributed by atoms with van der Waals surface area (Å²) in [5.41, 5.74) is 0.565. The summed E-state index contributed by atoms with van der Waals surface area (Å²) in [6, 6.07) is 10.6. The molecule has 2 aromatic carbocycles. The lowest BCUT2D eigenvalue weighted by atomic mass is 10.1. The van der Waals surface area contributed by atoms with Crippen LogP contribution in [0.3, 0.4) is 0 Å². The molecule has 0 aliphatic rings. The Balaban J connectivity index is 1.71. The van der Waals surface area contributed by atoms with E-state index in [-0.39, 0.29) is 41.9 Å². The summed E-state index contributed by atoms with van der Waals surface area (Å²) < 4.78 is 10.0. The lowest BCUT2D eigenvalue weighted by Gasteiger charge is -2.07. The van der Waals surface area contributed by atoms with Crippen LogP contribution in [-0.2, 0) is 9.47 Å². The van der Waals surface area contributed by atoms with Crippen molar-refractivity contribution in [2.75, 3.05) is 13.2 Å². The van der Waals surface area contributed by atoms with Gasteiger partial charge in [0, 0.05) is 6.42 Å². The second kappa shape index (κ2) is 9.14. The van der Waals surface area contributed by atoms with Crippen molar-refractivity contribution in [3.8, 4) is 0 Å². The number of hydrogen-bond acceptors (Lipinski definition) is 6. The van der Waals surface area contributed by atoms with Gasteiger partial charge < -0.3 is 19.7 Å². The standard InChI is InChI=1S/C19H16O8/c20-16(21)12-2-6-14(7-3-12)18(24)26-10-1-11-27-19(25)15-8-4-13(5-9-15)17(22)23/h2-9H,1,10-11H2,(H,20,21)(H,22,23). The fraction of sp³-hybridized carbons (Fsp3) is 0.158. The van der Waals surface area contributed by atoms with E-state index in [1.165, 1.54) is 48.5 Å². The highest BCUT2D eigenvalue weighted by molar-refractivity contribution is 5.93. The van der Waals surface area contributed by atoms with Gasteiger partial charge >= 0.3 is 23.9 Å². The van der Waals surface area contributed by atoms with Crippen LogP contribution in [0, 0.1) is 0 Å². The summed E-state index contributed by atoms with van der Waals surface area (Å²) in [6.07, 6.45) is 0.276. The second-order valence-corrected chi connectivity index (χ2v) is 5.39. The molecule has 8 heteroatoms. The largest absolute Gasteiger partial charge is 0.478 e. The first-order valence-electron chi connectivity index (χ1n) is 7.89. The monoisotopic (exact) mass is 372 g/mol. The van der Waals surface area contributed by atoms with Crippen molar-refractivity contribution in [2.24, 2.45) is 0 Å². The van der Waals surface area contributed by atoms with E-state index >= 15 is 0 Å². The molecule has 0 aliphatic carbocycles. The third kappa shape index (κ3) is 5.67. The van der Waals surface area contributed by atoms with E-state index in [2.05, 4.69) is 0 Å². The molecule has 2 N–H and O–H groups in total. The molecular formula is C19H16O8. The minimum atomic E-state index is -1.09. The molecule has 0 bridgehead atoms. The normalized spacial score (nSPS) is 10.1. The predicted molar refractivity (Wildman–Crippen MR) is 92.0 cm³/mol. The number of carbonyl (C=O) groups excluding carboxylic acids is 2. The van der Waals surface area contributed by atoms with Crippen LogP contribution in [-0.4, -0.2) is 47.3 Å². The fourth-order valence-electron chi connectivity index (χ4n) is 2.05. The van der Waals surface area contributed by atoms with Crippen molar-refractivity contribution < 1.29 is 38.9 Å². The zero-order valence-electron chi connectivity index (χ0n) is 14.1. The van der Waals surface area contributed by atoms with Crippen molar-refractivity contribution in [3.05, 3.63) is 70.8 Å². The number of carboxylic acid groups (broad SMARTS) is 2. The van der Waals surface area contributed by atoms with Crippen LogP contribution in [0.15, 0.2) is 48.5 Å². The lowest BCUT2D eigenvalue weighted by Crippen LogP contribution is -2.11. The highest BCUT2D eigenvalue weighted by Crippen LogP contribution is 2.08. The first-order chi connectivity index (χ1) is 12.9. The van der Waals surface area contributed by atoms with Gasteiger partial charge in [0.25, 0.3) is 0 Å². The van der Waals surface area contributed by atoms with E-state index < -0.39 is 23.9 Å². The lowest BCUT2D eigenvalue weighted by molar-refractivity contribution is 0.0394. The van der Waals surface area contributed by atoms with E-state index in [1.807, 2.05) is 0 Å². The van der Waals surface area contributed by atoms with Crippen molar-refractivity contribution in [2.45, 2.75) is 6.42 Å². The average Bonchev–Trinajstić information content (AvgIpc) is 2.67. The van der Waals surface area contributed by atoms with Crippen LogP contribution >= 0.6 is 0 Å². The van der Waals surface area contributed by atoms with Crippen molar-refractivity contribution in [3.63, 3.8) is 0 Å². The van der Waals surface area contributed by atoms with Gasteiger partial charge in [-0.3, -0.25) is 0 Å². The maximum absolute atomic E-state index is 11.8. The van der Waals surface area contributed by atoms with E-state index in [1.54, 1.807) is 0 Å². The molecule has 0 aliphatic heterocycles. The third-order valence-corrected chi connectivity index (χ3v) is 3.49. The number of esters is 2. The fourth-order valence-corrected chi connectivity index (χ4v) is 2.05. The predicted octanol–water partition coefficient (Wildman–Crippen LogP) is 2.49. The molecule has 0 atom stereocenters. The smallest absolute Gasteiger partial charge is 0.338 e. The maximum Gasteiger partial charge on any atom is 0.338 e. The summed E-state index contributed by atoms with van der Waals surface area (Å²) in [7, 11) is 0. The average molecular weight is 372 g/mol. The molecule has 0 fully saturated rings. The molecule has 0 amide bonds. The van der Waals surface area contributed by atoms with Gasteiger partial charge in [-0.1, -0.05) is 0 Å². The minimum Gasteiger partial charge on any atom is -0.478 e. The van der Waals surface area contributed by atoms with Gasteiger partial charge in [-0.25, -0.2) is 19.2 Å². The zero-order chi connectivity index (χ0) is 19.8. The van der Waals surface area contributed by atoms with Gasteiger partial charge in [-0.05, 0) is 48.5 Å². The molecular weight excluding hydrogens is 356 g/mol. The van der Waals surface area contributed by atoms with Crippen LogP contribution in [0.25, 0.3) is 0 Å². The number of rotatable bonds is 8. The molecule has 0 saturated carbocycles. The first-order valence-corrected chi connectivity index (χ1v) is 7.89. The summed E-state index contributed by atoms with van der Waals surface area (Å²) >= 11 is 0. The van der Waals surface area contributed by atoms with E-state index in [0.29, 0.717) is 0 Å². The van der Waals surface area contributed by atoms with Crippen LogP contribution in [0.1, 0.15) is 47.9 Å². The Labute approximate surface area is 154 Å². The Hall–Kier alpha value is -3.68. The van der Waals surface area contributed by atoms with Crippen LogP contribution in [0.4, 0.5) is 0 Å². The Morgan fingerprint density at radius 3 is 1.19 bits per heavy atom. The molecule has 8 nitrogen and oxygen atoms in total. The second-order valence-electron chi connectivity index (χ2n) is 5.39. The number of carbonyl (C=O) groups is 4. The molecule has 0 unspecified atom stereocenters. The van der Waals surface area contributed by atoms with Gasteiger partial charge in [0.05, 0.1) is 35.5 Å². The van der Waals surface area contributed by atoms with Crippen LogP contribution in [0.5, 0.6) is 0 Å². The Morgan fingerprint density at radius 2 is 0.889 bits per heavy atom. The van der Waals surface area contributed by atoms with Gasteiger partial charge in [0.1, 0.15) is 0 Å². The van der Waals surface area contributed by atoms with E-state index in [4.69, 9.17) is 19.7 Å². The Bertz CT molecular complexity index is 766. The van der Waals surface area contributed by atoms with E-state index in [9.17, 15) is 19.2 Å². The molecule has 140 valence electrons. The minimum absolute atomic E-state index is 0.0186. The zero-order valence-corrected chi connectivity index (χ0v) is 14.1. The molecule has 0 heterocycles. The topological polar surface area (TPSA) is 127 Å². The summed E-state index contributed by atoms with van der Waals surface area (Å²) in [4.78, 5) is 45.1. The first kappa shape index (κ1) is 19.6. The Kier molecular flexibility index (Phi) is 6.65. The van der Waals surface area contributed by atoms with Gasteiger partial charge in [0.2, 0.25) is 0 Å². The van der Waals surface area contributed by atoms with Gasteiger partial charge in [-0.15, -0.1) is 0 Å². The van der Waals surface area contributed by atoms with Crippen LogP contribution < -0.4 is 0 Å². The van der Waals surface area contributed by atoms with E-state index in [0.717, 1.165) is 0 Å². The van der Waals surface area contributed by atoms with Gasteiger partial charge in [0.15, 0.2) is 0 Å². The molecule has 0 saturated heterocycles. The molecule has 2 rings (SSSR count). The van der Waals surface area contributed by atoms with Crippen molar-refractivity contribution in [1.82, 2.24) is 0 Å². The summed E-state index contributed by atoms with van der Waals surface area (Å²) in [6.45, 7) is 0.0372. The summed E-state index contributed by atoms with van der Waals surface area (Å²) in [5, 5.41) is 17.6. The van der Waals surface area contributed by atoms with Crippen molar-refractivity contribution >= 4 is 23.9 Å². The summed E-state index contributed by atoms with van der Waals surface area (Å²) in [5.74, 6) is -3.39. The Morgan fingerprint density at radius 1 is 0.593 bits per heavy atom. The number of benzene rings is 2. The molecule has 0 radical (unpaired) electrons. The SMILES string of the molecule is O=C(O)c1ccc(C(=O)OCCCOC(=O)c2ccc(C(=O)O)cc2)cc1. The van der Waals surface area contributed by atoms with Gasteiger partial charge in [-0.2, -0.15) is 0 Å². The quantitative estimate of drug-likeness (QED) is 0.534. The maximum atomic E-state index is 11.8.